The molecule has 0 unspecified atom stereocenters. The van der Waals surface area contributed by atoms with E-state index in [1.54, 1.807) is 24.0 Å². The number of imidazole rings is 1. The number of ether oxygens (including phenoxy) is 1. The Morgan fingerprint density at radius 3 is 2.81 bits per heavy atom. The minimum absolute atomic E-state index is 0.585. The van der Waals surface area contributed by atoms with Crippen LogP contribution in [0.3, 0.4) is 0 Å². The predicted octanol–water partition coefficient (Wildman–Crippen LogP) is 2.69. The number of aliphatic carboxylic acids is 1. The number of benzene rings is 1. The Morgan fingerprint density at radius 1 is 1.43 bits per heavy atom. The SMILES string of the molecule is Cn1ccnc1SCCOc1ccc(C=CC(=O)O)cc1. The van der Waals surface area contributed by atoms with Gasteiger partial charge in [-0.3, -0.25) is 0 Å². The van der Waals surface area contributed by atoms with Crippen LogP contribution in [0.15, 0.2) is 47.9 Å². The van der Waals surface area contributed by atoms with Crippen LogP contribution in [0.4, 0.5) is 0 Å². The zero-order valence-corrected chi connectivity index (χ0v) is 12.4. The number of aromatic nitrogens is 2. The molecule has 6 heteroatoms. The first kappa shape index (κ1) is 15.2. The van der Waals surface area contributed by atoms with Gasteiger partial charge in [0.05, 0.1) is 6.61 Å². The van der Waals surface area contributed by atoms with E-state index in [1.165, 1.54) is 0 Å². The van der Waals surface area contributed by atoms with E-state index in [2.05, 4.69) is 4.98 Å². The first-order chi connectivity index (χ1) is 10.1. The largest absolute Gasteiger partial charge is 0.493 e. The molecule has 1 aromatic heterocycles. The van der Waals surface area contributed by atoms with Crippen molar-refractivity contribution in [2.45, 2.75) is 5.16 Å². The van der Waals surface area contributed by atoms with Gasteiger partial charge in [-0.25, -0.2) is 9.78 Å². The molecule has 5 nitrogen and oxygen atoms in total. The topological polar surface area (TPSA) is 64.4 Å². The smallest absolute Gasteiger partial charge is 0.328 e. The number of hydrogen-bond donors (Lipinski definition) is 1. The second kappa shape index (κ2) is 7.54. The molecule has 110 valence electrons. The Morgan fingerprint density at radius 2 is 2.19 bits per heavy atom. The van der Waals surface area contributed by atoms with E-state index in [1.807, 2.05) is 42.1 Å². The Kier molecular flexibility index (Phi) is 5.45. The molecule has 0 aliphatic heterocycles. The van der Waals surface area contributed by atoms with Crippen molar-refractivity contribution in [1.29, 1.82) is 0 Å². The van der Waals surface area contributed by atoms with E-state index >= 15 is 0 Å². The third-order valence-electron chi connectivity index (χ3n) is 2.66. The summed E-state index contributed by atoms with van der Waals surface area (Å²) < 4.78 is 7.59. The second-order valence-electron chi connectivity index (χ2n) is 4.26. The summed E-state index contributed by atoms with van der Waals surface area (Å²) in [6, 6.07) is 7.29. The highest BCUT2D eigenvalue weighted by molar-refractivity contribution is 7.99. The normalized spacial score (nSPS) is 10.9. The van der Waals surface area contributed by atoms with E-state index in [9.17, 15) is 4.79 Å². The lowest BCUT2D eigenvalue weighted by atomic mass is 10.2. The lowest BCUT2D eigenvalue weighted by Crippen LogP contribution is -2.01. The molecule has 0 aliphatic rings. The molecule has 0 saturated carbocycles. The highest BCUT2D eigenvalue weighted by atomic mass is 32.2. The number of hydrogen-bond acceptors (Lipinski definition) is 4. The molecule has 1 aromatic carbocycles. The number of aryl methyl sites for hydroxylation is 1. The quantitative estimate of drug-likeness (QED) is 0.484. The predicted molar refractivity (Wildman–Crippen MR) is 82.5 cm³/mol. The van der Waals surface area contributed by atoms with Crippen LogP contribution in [-0.2, 0) is 11.8 Å². The molecule has 0 amide bonds. The standard InChI is InChI=1S/C15H16N2O3S/c1-17-9-8-16-15(17)21-11-10-20-13-5-2-12(3-6-13)4-7-14(18)19/h2-9H,10-11H2,1H3,(H,18,19). The third kappa shape index (κ3) is 5.00. The summed E-state index contributed by atoms with van der Waals surface area (Å²) in [7, 11) is 1.96. The van der Waals surface area contributed by atoms with Gasteiger partial charge in [0.25, 0.3) is 0 Å². The number of carbonyl (C=O) groups is 1. The van der Waals surface area contributed by atoms with Crippen molar-refractivity contribution in [2.75, 3.05) is 12.4 Å². The van der Waals surface area contributed by atoms with Gasteiger partial charge in [-0.05, 0) is 23.8 Å². The fourth-order valence-electron chi connectivity index (χ4n) is 1.63. The zero-order valence-electron chi connectivity index (χ0n) is 11.6. The summed E-state index contributed by atoms with van der Waals surface area (Å²) in [4.78, 5) is 14.6. The number of rotatable bonds is 7. The molecular weight excluding hydrogens is 288 g/mol. The molecule has 0 bridgehead atoms. The lowest BCUT2D eigenvalue weighted by Gasteiger charge is -2.06. The van der Waals surface area contributed by atoms with Crippen molar-refractivity contribution in [2.24, 2.45) is 7.05 Å². The van der Waals surface area contributed by atoms with Crippen LogP contribution >= 0.6 is 11.8 Å². The van der Waals surface area contributed by atoms with Crippen LogP contribution in [0.25, 0.3) is 6.08 Å². The van der Waals surface area contributed by atoms with Crippen molar-refractivity contribution in [3.8, 4) is 5.75 Å². The lowest BCUT2D eigenvalue weighted by molar-refractivity contribution is -0.131. The molecular formula is C15H16N2O3S. The zero-order chi connectivity index (χ0) is 15.1. The molecule has 0 radical (unpaired) electrons. The highest BCUT2D eigenvalue weighted by Gasteiger charge is 2.00. The van der Waals surface area contributed by atoms with Gasteiger partial charge in [0.2, 0.25) is 0 Å². The summed E-state index contributed by atoms with van der Waals surface area (Å²) >= 11 is 1.64. The Hall–Kier alpha value is -2.21. The molecule has 2 aromatic rings. The van der Waals surface area contributed by atoms with E-state index in [-0.39, 0.29) is 0 Å². The van der Waals surface area contributed by atoms with E-state index in [0.29, 0.717) is 6.61 Å². The maximum Gasteiger partial charge on any atom is 0.328 e. The number of nitrogens with zero attached hydrogens (tertiary/aromatic N) is 2. The summed E-state index contributed by atoms with van der Waals surface area (Å²) in [5.74, 6) is 0.621. The van der Waals surface area contributed by atoms with Crippen LogP contribution in [0, 0.1) is 0 Å². The van der Waals surface area contributed by atoms with E-state index in [4.69, 9.17) is 9.84 Å². The summed E-state index contributed by atoms with van der Waals surface area (Å²) in [6.07, 6.45) is 6.33. The van der Waals surface area contributed by atoms with Gasteiger partial charge in [-0.15, -0.1) is 0 Å². The highest BCUT2D eigenvalue weighted by Crippen LogP contribution is 2.16. The van der Waals surface area contributed by atoms with Gasteiger partial charge in [0.1, 0.15) is 5.75 Å². The maximum absolute atomic E-state index is 10.4. The van der Waals surface area contributed by atoms with Gasteiger partial charge in [0.15, 0.2) is 5.16 Å². The van der Waals surface area contributed by atoms with Crippen LogP contribution in [-0.4, -0.2) is 33.0 Å². The van der Waals surface area contributed by atoms with Gasteiger partial charge in [-0.1, -0.05) is 23.9 Å². The maximum atomic E-state index is 10.4. The molecule has 0 saturated heterocycles. The molecule has 0 atom stereocenters. The monoisotopic (exact) mass is 304 g/mol. The van der Waals surface area contributed by atoms with Crippen LogP contribution in [0.2, 0.25) is 0 Å². The van der Waals surface area contributed by atoms with Crippen molar-refractivity contribution < 1.29 is 14.6 Å². The van der Waals surface area contributed by atoms with Gasteiger partial charge < -0.3 is 14.4 Å². The van der Waals surface area contributed by atoms with Crippen molar-refractivity contribution in [1.82, 2.24) is 9.55 Å². The molecule has 1 N–H and O–H groups in total. The summed E-state index contributed by atoms with van der Waals surface area (Å²) in [5.41, 5.74) is 0.826. The average molecular weight is 304 g/mol. The van der Waals surface area contributed by atoms with Gasteiger partial charge in [0, 0.05) is 31.3 Å². The minimum atomic E-state index is -0.957. The Bertz CT molecular complexity index is 620. The molecule has 0 aliphatic carbocycles. The fraction of sp³-hybridized carbons (Fsp3) is 0.200. The number of carboxylic acid groups (broad SMARTS) is 1. The Labute approximate surface area is 127 Å². The number of carboxylic acids is 1. The van der Waals surface area contributed by atoms with Crippen LogP contribution in [0.1, 0.15) is 5.56 Å². The third-order valence-corrected chi connectivity index (χ3v) is 3.68. The average Bonchev–Trinajstić information content (AvgIpc) is 2.88. The fourth-order valence-corrected chi connectivity index (χ4v) is 2.38. The minimum Gasteiger partial charge on any atom is -0.493 e. The van der Waals surface area contributed by atoms with Crippen molar-refractivity contribution >= 4 is 23.8 Å². The number of thioether (sulfide) groups is 1. The first-order valence-electron chi connectivity index (χ1n) is 6.39. The van der Waals surface area contributed by atoms with E-state index in [0.717, 1.165) is 28.3 Å². The first-order valence-corrected chi connectivity index (χ1v) is 7.38. The van der Waals surface area contributed by atoms with Crippen LogP contribution in [0.5, 0.6) is 5.75 Å². The summed E-state index contributed by atoms with van der Waals surface area (Å²) in [6.45, 7) is 0.585. The Balaban J connectivity index is 1.76. The molecule has 0 spiro atoms. The molecule has 0 fully saturated rings. The van der Waals surface area contributed by atoms with Crippen molar-refractivity contribution in [3.05, 3.63) is 48.3 Å². The van der Waals surface area contributed by atoms with Crippen LogP contribution < -0.4 is 4.74 Å². The van der Waals surface area contributed by atoms with Gasteiger partial charge in [-0.2, -0.15) is 0 Å². The summed E-state index contributed by atoms with van der Waals surface area (Å²) in [5, 5.41) is 9.52. The van der Waals surface area contributed by atoms with E-state index < -0.39 is 5.97 Å². The molecule has 2 rings (SSSR count). The second-order valence-corrected chi connectivity index (χ2v) is 5.32. The van der Waals surface area contributed by atoms with Crippen molar-refractivity contribution in [3.63, 3.8) is 0 Å². The molecule has 1 heterocycles. The van der Waals surface area contributed by atoms with Gasteiger partial charge >= 0.3 is 5.97 Å². The molecule has 21 heavy (non-hydrogen) atoms.